The monoisotopic (exact) mass is 359 g/mol. The maximum absolute atomic E-state index is 12.5. The molecule has 0 amide bonds. The van der Waals surface area contributed by atoms with E-state index in [1.165, 1.54) is 4.68 Å². The van der Waals surface area contributed by atoms with Gasteiger partial charge in [-0.25, -0.2) is 4.79 Å². The highest BCUT2D eigenvalue weighted by molar-refractivity contribution is 6.62. The van der Waals surface area contributed by atoms with Crippen molar-refractivity contribution in [2.24, 2.45) is 0 Å². The second kappa shape index (κ2) is 5.72. The fourth-order valence-corrected chi connectivity index (χ4v) is 2.74. The Balaban J connectivity index is 2.02. The predicted octanol–water partition coefficient (Wildman–Crippen LogP) is 2.70. The van der Waals surface area contributed by atoms with E-state index in [1.54, 1.807) is 33.0 Å². The molecule has 1 aliphatic heterocycles. The zero-order chi connectivity index (χ0) is 19.5. The molecular formula is C18H26BN3O4. The lowest BCUT2D eigenvalue weighted by atomic mass is 9.78. The van der Waals surface area contributed by atoms with Crippen molar-refractivity contribution in [1.29, 1.82) is 0 Å². The maximum Gasteiger partial charge on any atom is 0.494 e. The van der Waals surface area contributed by atoms with Gasteiger partial charge in [-0.05, 0) is 66.1 Å². The van der Waals surface area contributed by atoms with Crippen molar-refractivity contribution in [2.75, 3.05) is 5.73 Å². The zero-order valence-electron chi connectivity index (χ0n) is 16.4. The Labute approximate surface area is 153 Å². The van der Waals surface area contributed by atoms with Crippen LogP contribution in [0.25, 0.3) is 10.9 Å². The Morgan fingerprint density at radius 3 is 2.31 bits per heavy atom. The number of nitrogens with two attached hydrogens (primary N) is 1. The molecule has 7 nitrogen and oxygen atoms in total. The molecule has 1 saturated heterocycles. The van der Waals surface area contributed by atoms with E-state index in [-0.39, 0.29) is 0 Å². The molecule has 8 heteroatoms. The summed E-state index contributed by atoms with van der Waals surface area (Å²) in [5.41, 5.74) is 6.43. The first-order valence-electron chi connectivity index (χ1n) is 8.67. The van der Waals surface area contributed by atoms with Crippen LogP contribution >= 0.6 is 0 Å². The molecule has 1 fully saturated rings. The molecule has 26 heavy (non-hydrogen) atoms. The number of fused-ring (bicyclic) bond motifs is 1. The van der Waals surface area contributed by atoms with Gasteiger partial charge in [-0.2, -0.15) is 9.78 Å². The standard InChI is InChI=1S/C18H26BN3O4/c1-16(2,3)24-15(23)22-14-9-11(8-13(20)12(14)10-21-22)19-25-17(4,5)18(6,7)26-19/h8-10H,20H2,1-7H3. The molecule has 2 N–H and O–H groups in total. The van der Waals surface area contributed by atoms with Gasteiger partial charge in [-0.1, -0.05) is 0 Å². The molecule has 0 saturated carbocycles. The predicted molar refractivity (Wildman–Crippen MR) is 101 cm³/mol. The smallest absolute Gasteiger partial charge is 0.442 e. The van der Waals surface area contributed by atoms with Crippen LogP contribution in [0.3, 0.4) is 0 Å². The largest absolute Gasteiger partial charge is 0.494 e. The van der Waals surface area contributed by atoms with Crippen molar-refractivity contribution in [3.05, 3.63) is 18.3 Å². The average molecular weight is 359 g/mol. The number of carbonyl (C=O) groups excluding carboxylic acids is 1. The van der Waals surface area contributed by atoms with Gasteiger partial charge < -0.3 is 19.8 Å². The molecule has 1 aliphatic rings. The number of ether oxygens (including phenoxy) is 1. The second-order valence-electron chi connectivity index (χ2n) is 8.67. The number of nitrogens with zero attached hydrogens (tertiary/aromatic N) is 2. The van der Waals surface area contributed by atoms with Crippen LogP contribution in [0.15, 0.2) is 18.3 Å². The number of rotatable bonds is 1. The lowest BCUT2D eigenvalue weighted by Gasteiger charge is -2.32. The van der Waals surface area contributed by atoms with Crippen molar-refractivity contribution in [2.45, 2.75) is 65.3 Å². The Morgan fingerprint density at radius 1 is 1.19 bits per heavy atom. The van der Waals surface area contributed by atoms with E-state index >= 15 is 0 Å². The average Bonchev–Trinajstić information content (AvgIpc) is 2.96. The minimum absolute atomic E-state index is 0.465. The van der Waals surface area contributed by atoms with Gasteiger partial charge in [0.1, 0.15) is 5.60 Å². The first-order chi connectivity index (χ1) is 11.8. The van der Waals surface area contributed by atoms with E-state index < -0.39 is 30.0 Å². The number of hydrogen-bond acceptors (Lipinski definition) is 6. The molecule has 1 aromatic carbocycles. The van der Waals surface area contributed by atoms with E-state index in [0.29, 0.717) is 16.6 Å². The van der Waals surface area contributed by atoms with E-state index in [9.17, 15) is 4.79 Å². The topological polar surface area (TPSA) is 88.6 Å². The third-order valence-electron chi connectivity index (χ3n) is 4.83. The molecule has 3 rings (SSSR count). The highest BCUT2D eigenvalue weighted by atomic mass is 16.7. The van der Waals surface area contributed by atoms with Gasteiger partial charge in [-0.15, -0.1) is 0 Å². The molecule has 0 bridgehead atoms. The fourth-order valence-electron chi connectivity index (χ4n) is 2.74. The Bertz CT molecular complexity index is 851. The molecule has 0 spiro atoms. The third-order valence-corrected chi connectivity index (χ3v) is 4.83. The van der Waals surface area contributed by atoms with Crippen LogP contribution in [0.2, 0.25) is 0 Å². The van der Waals surface area contributed by atoms with Gasteiger partial charge in [0.15, 0.2) is 0 Å². The first-order valence-corrected chi connectivity index (χ1v) is 8.67. The lowest BCUT2D eigenvalue weighted by Crippen LogP contribution is -2.41. The normalized spacial score (nSPS) is 19.1. The second-order valence-corrected chi connectivity index (χ2v) is 8.67. The molecule has 1 aromatic heterocycles. The van der Waals surface area contributed by atoms with Crippen molar-refractivity contribution in [3.63, 3.8) is 0 Å². The minimum Gasteiger partial charge on any atom is -0.442 e. The number of hydrogen-bond donors (Lipinski definition) is 1. The van der Waals surface area contributed by atoms with Crippen LogP contribution in [0.5, 0.6) is 0 Å². The number of carbonyl (C=O) groups is 1. The van der Waals surface area contributed by atoms with Gasteiger partial charge in [0, 0.05) is 11.1 Å². The van der Waals surface area contributed by atoms with Gasteiger partial charge in [0.05, 0.1) is 22.9 Å². The zero-order valence-corrected chi connectivity index (χ0v) is 16.4. The van der Waals surface area contributed by atoms with Crippen LogP contribution in [-0.4, -0.2) is 39.8 Å². The van der Waals surface area contributed by atoms with Crippen LogP contribution in [0.1, 0.15) is 48.5 Å². The molecule has 0 atom stereocenters. The first kappa shape index (κ1) is 18.7. The highest BCUT2D eigenvalue weighted by Crippen LogP contribution is 2.37. The fraction of sp³-hybridized carbons (Fsp3) is 0.556. The number of nitrogen functional groups attached to an aromatic ring is 1. The van der Waals surface area contributed by atoms with Crippen molar-refractivity contribution in [1.82, 2.24) is 9.78 Å². The van der Waals surface area contributed by atoms with Gasteiger partial charge in [0.2, 0.25) is 0 Å². The van der Waals surface area contributed by atoms with E-state index in [4.69, 9.17) is 19.8 Å². The van der Waals surface area contributed by atoms with E-state index in [0.717, 1.165) is 5.46 Å². The summed E-state index contributed by atoms with van der Waals surface area (Å²) in [6.45, 7) is 13.4. The molecule has 0 unspecified atom stereocenters. The summed E-state index contributed by atoms with van der Waals surface area (Å²) >= 11 is 0. The number of aromatic nitrogens is 2. The van der Waals surface area contributed by atoms with E-state index in [2.05, 4.69) is 5.10 Å². The van der Waals surface area contributed by atoms with Gasteiger partial charge in [-0.3, -0.25) is 0 Å². The summed E-state index contributed by atoms with van der Waals surface area (Å²) in [6.07, 6.45) is 1.00. The molecule has 140 valence electrons. The summed E-state index contributed by atoms with van der Waals surface area (Å²) in [5, 5.41) is 4.82. The van der Waals surface area contributed by atoms with E-state index in [1.807, 2.05) is 33.8 Å². The molecule has 2 aromatic rings. The van der Waals surface area contributed by atoms with Gasteiger partial charge in [0.25, 0.3) is 0 Å². The molecule has 0 aliphatic carbocycles. The van der Waals surface area contributed by atoms with Crippen LogP contribution < -0.4 is 11.2 Å². The summed E-state index contributed by atoms with van der Waals surface area (Å²) in [5.74, 6) is 0. The summed E-state index contributed by atoms with van der Waals surface area (Å²) in [4.78, 5) is 12.5. The summed E-state index contributed by atoms with van der Waals surface area (Å²) in [7, 11) is -0.575. The van der Waals surface area contributed by atoms with Gasteiger partial charge >= 0.3 is 13.2 Å². The van der Waals surface area contributed by atoms with Crippen LogP contribution in [0.4, 0.5) is 10.5 Å². The Hall–Kier alpha value is -2.06. The summed E-state index contributed by atoms with van der Waals surface area (Å²) in [6, 6.07) is 3.61. The lowest BCUT2D eigenvalue weighted by molar-refractivity contribution is 0.00578. The minimum atomic E-state index is -0.621. The molecule has 2 heterocycles. The molecular weight excluding hydrogens is 333 g/mol. The van der Waals surface area contributed by atoms with Crippen LogP contribution in [-0.2, 0) is 14.0 Å². The number of benzene rings is 1. The summed E-state index contributed by atoms with van der Waals surface area (Å²) < 4.78 is 18.8. The van der Waals surface area contributed by atoms with Crippen molar-refractivity contribution >= 4 is 35.3 Å². The van der Waals surface area contributed by atoms with Crippen LogP contribution in [0, 0.1) is 0 Å². The Kier molecular flexibility index (Phi) is 4.12. The third kappa shape index (κ3) is 3.19. The highest BCUT2D eigenvalue weighted by Gasteiger charge is 2.51. The Morgan fingerprint density at radius 2 is 1.77 bits per heavy atom. The molecule has 0 radical (unpaired) electrons. The maximum atomic E-state index is 12.5. The number of anilines is 1. The van der Waals surface area contributed by atoms with Crippen molar-refractivity contribution in [3.8, 4) is 0 Å². The SMILES string of the molecule is CC(C)(C)OC(=O)n1ncc2c(N)cc(B3OC(C)(C)C(C)(C)O3)cc21. The van der Waals surface area contributed by atoms with Crippen molar-refractivity contribution < 1.29 is 18.8 Å². The quantitative estimate of drug-likeness (QED) is 0.622.